The SMILES string of the molecule is Fc1cccc(F)c1OCCNCc1ccccn1. The zero-order valence-corrected chi connectivity index (χ0v) is 10.3. The number of halogens is 2. The maximum absolute atomic E-state index is 13.2. The lowest BCUT2D eigenvalue weighted by Gasteiger charge is -2.08. The second kappa shape index (κ2) is 6.80. The van der Waals surface area contributed by atoms with E-state index >= 15 is 0 Å². The van der Waals surface area contributed by atoms with Gasteiger partial charge in [0.15, 0.2) is 17.4 Å². The molecule has 0 atom stereocenters. The largest absolute Gasteiger partial charge is 0.486 e. The first-order chi connectivity index (χ1) is 9.27. The second-order valence-electron chi connectivity index (χ2n) is 3.90. The molecule has 0 unspecified atom stereocenters. The average molecular weight is 264 g/mol. The number of hydrogen-bond donors (Lipinski definition) is 1. The minimum atomic E-state index is -0.690. The molecular formula is C14H14F2N2O. The van der Waals surface area contributed by atoms with Crippen molar-refractivity contribution in [3.8, 4) is 5.75 Å². The van der Waals surface area contributed by atoms with Gasteiger partial charge in [-0.15, -0.1) is 0 Å². The summed E-state index contributed by atoms with van der Waals surface area (Å²) in [7, 11) is 0. The molecule has 0 spiro atoms. The summed E-state index contributed by atoms with van der Waals surface area (Å²) in [5.41, 5.74) is 0.902. The van der Waals surface area contributed by atoms with Gasteiger partial charge in [-0.25, -0.2) is 8.78 Å². The third-order valence-electron chi connectivity index (χ3n) is 2.48. The van der Waals surface area contributed by atoms with Crippen molar-refractivity contribution in [3.63, 3.8) is 0 Å². The standard InChI is InChI=1S/C14H14F2N2O/c15-12-5-3-6-13(16)14(12)19-9-8-17-10-11-4-1-2-7-18-11/h1-7,17H,8-10H2. The first-order valence-electron chi connectivity index (χ1n) is 5.95. The van der Waals surface area contributed by atoms with E-state index in [4.69, 9.17) is 4.74 Å². The Morgan fingerprint density at radius 2 is 1.84 bits per heavy atom. The fourth-order valence-corrected chi connectivity index (χ4v) is 1.56. The van der Waals surface area contributed by atoms with Crippen molar-refractivity contribution < 1.29 is 13.5 Å². The van der Waals surface area contributed by atoms with Crippen LogP contribution in [-0.4, -0.2) is 18.1 Å². The van der Waals surface area contributed by atoms with Crippen molar-refractivity contribution in [3.05, 3.63) is 59.9 Å². The number of rotatable bonds is 6. The van der Waals surface area contributed by atoms with Crippen LogP contribution in [0.1, 0.15) is 5.69 Å². The molecule has 1 aromatic carbocycles. The van der Waals surface area contributed by atoms with E-state index in [1.807, 2.05) is 18.2 Å². The average Bonchev–Trinajstić information content (AvgIpc) is 2.42. The number of nitrogens with one attached hydrogen (secondary N) is 1. The van der Waals surface area contributed by atoms with Crippen molar-refractivity contribution in [1.82, 2.24) is 10.3 Å². The molecule has 0 saturated carbocycles. The second-order valence-corrected chi connectivity index (χ2v) is 3.90. The molecule has 5 heteroatoms. The summed E-state index contributed by atoms with van der Waals surface area (Å²) in [6, 6.07) is 9.27. The van der Waals surface area contributed by atoms with Gasteiger partial charge in [0.2, 0.25) is 0 Å². The normalized spacial score (nSPS) is 10.4. The van der Waals surface area contributed by atoms with E-state index in [1.165, 1.54) is 18.2 Å². The van der Waals surface area contributed by atoms with E-state index in [0.29, 0.717) is 13.1 Å². The third kappa shape index (κ3) is 3.99. The number of nitrogens with zero attached hydrogens (tertiary/aromatic N) is 1. The van der Waals surface area contributed by atoms with Crippen LogP contribution in [0.15, 0.2) is 42.6 Å². The summed E-state index contributed by atoms with van der Waals surface area (Å²) in [5.74, 6) is -1.71. The van der Waals surface area contributed by atoms with E-state index in [1.54, 1.807) is 6.20 Å². The lowest BCUT2D eigenvalue weighted by molar-refractivity contribution is 0.282. The van der Waals surface area contributed by atoms with Gasteiger partial charge >= 0.3 is 0 Å². The van der Waals surface area contributed by atoms with Crippen LogP contribution in [0.4, 0.5) is 8.78 Å². The van der Waals surface area contributed by atoms with Crippen molar-refractivity contribution in [2.75, 3.05) is 13.2 Å². The molecule has 0 saturated heterocycles. The highest BCUT2D eigenvalue weighted by Gasteiger charge is 2.08. The Bertz CT molecular complexity index is 500. The summed E-state index contributed by atoms with van der Waals surface area (Å²) in [6.07, 6.45) is 1.71. The number of hydrogen-bond acceptors (Lipinski definition) is 3. The van der Waals surface area contributed by atoms with Gasteiger partial charge < -0.3 is 10.1 Å². The molecule has 0 aliphatic heterocycles. The highest BCUT2D eigenvalue weighted by Crippen LogP contribution is 2.20. The summed E-state index contributed by atoms with van der Waals surface area (Å²) in [4.78, 5) is 4.14. The first kappa shape index (κ1) is 13.4. The number of ether oxygens (including phenoxy) is 1. The zero-order valence-electron chi connectivity index (χ0n) is 10.3. The summed E-state index contributed by atoms with van der Waals surface area (Å²) in [5, 5.41) is 3.08. The van der Waals surface area contributed by atoms with E-state index in [2.05, 4.69) is 10.3 Å². The van der Waals surface area contributed by atoms with Gasteiger partial charge in [-0.2, -0.15) is 0 Å². The molecule has 0 amide bonds. The molecule has 1 aromatic heterocycles. The molecule has 0 radical (unpaired) electrons. The highest BCUT2D eigenvalue weighted by molar-refractivity contribution is 5.25. The summed E-state index contributed by atoms with van der Waals surface area (Å²) < 4.78 is 31.5. The molecule has 0 bridgehead atoms. The van der Waals surface area contributed by atoms with E-state index in [9.17, 15) is 8.78 Å². The molecule has 1 N–H and O–H groups in total. The minimum Gasteiger partial charge on any atom is -0.486 e. The Hall–Kier alpha value is -2.01. The van der Waals surface area contributed by atoms with Gasteiger partial charge in [0.05, 0.1) is 5.69 Å². The molecule has 1 heterocycles. The van der Waals surface area contributed by atoms with Gasteiger partial charge in [-0.1, -0.05) is 12.1 Å². The van der Waals surface area contributed by atoms with Gasteiger partial charge in [0.1, 0.15) is 6.61 Å². The number of para-hydroxylation sites is 1. The molecule has 2 aromatic rings. The number of pyridine rings is 1. The number of aromatic nitrogens is 1. The Labute approximate surface area is 110 Å². The predicted molar refractivity (Wildman–Crippen MR) is 67.8 cm³/mol. The fourth-order valence-electron chi connectivity index (χ4n) is 1.56. The maximum Gasteiger partial charge on any atom is 0.190 e. The molecule has 2 rings (SSSR count). The first-order valence-corrected chi connectivity index (χ1v) is 5.95. The van der Waals surface area contributed by atoms with Gasteiger partial charge in [-0.05, 0) is 24.3 Å². The lowest BCUT2D eigenvalue weighted by atomic mass is 10.3. The third-order valence-corrected chi connectivity index (χ3v) is 2.48. The smallest absolute Gasteiger partial charge is 0.190 e. The Balaban J connectivity index is 1.73. The molecular weight excluding hydrogens is 250 g/mol. The molecule has 0 fully saturated rings. The quantitative estimate of drug-likeness (QED) is 0.814. The zero-order chi connectivity index (χ0) is 13.5. The Morgan fingerprint density at radius 1 is 1.05 bits per heavy atom. The molecule has 0 aliphatic rings. The van der Waals surface area contributed by atoms with E-state index in [0.717, 1.165) is 5.69 Å². The lowest BCUT2D eigenvalue weighted by Crippen LogP contribution is -2.21. The van der Waals surface area contributed by atoms with Crippen LogP contribution < -0.4 is 10.1 Å². The maximum atomic E-state index is 13.2. The molecule has 100 valence electrons. The van der Waals surface area contributed by atoms with Gasteiger partial charge in [0.25, 0.3) is 0 Å². The van der Waals surface area contributed by atoms with Crippen molar-refractivity contribution in [2.24, 2.45) is 0 Å². The minimum absolute atomic E-state index is 0.185. The molecule has 0 aliphatic carbocycles. The monoisotopic (exact) mass is 264 g/mol. The topological polar surface area (TPSA) is 34.1 Å². The molecule has 19 heavy (non-hydrogen) atoms. The van der Waals surface area contributed by atoms with E-state index < -0.39 is 11.6 Å². The Morgan fingerprint density at radius 3 is 2.53 bits per heavy atom. The highest BCUT2D eigenvalue weighted by atomic mass is 19.1. The van der Waals surface area contributed by atoms with Crippen LogP contribution in [0.3, 0.4) is 0 Å². The van der Waals surface area contributed by atoms with Crippen LogP contribution in [0.25, 0.3) is 0 Å². The predicted octanol–water partition coefficient (Wildman–Crippen LogP) is 2.53. The van der Waals surface area contributed by atoms with Crippen molar-refractivity contribution in [2.45, 2.75) is 6.54 Å². The van der Waals surface area contributed by atoms with Crippen LogP contribution >= 0.6 is 0 Å². The fraction of sp³-hybridized carbons (Fsp3) is 0.214. The van der Waals surface area contributed by atoms with Gasteiger partial charge in [0, 0.05) is 19.3 Å². The van der Waals surface area contributed by atoms with Crippen LogP contribution in [0.2, 0.25) is 0 Å². The van der Waals surface area contributed by atoms with Crippen LogP contribution in [-0.2, 0) is 6.54 Å². The van der Waals surface area contributed by atoms with Gasteiger partial charge in [-0.3, -0.25) is 4.98 Å². The van der Waals surface area contributed by atoms with Crippen LogP contribution in [0, 0.1) is 11.6 Å². The molecule has 3 nitrogen and oxygen atoms in total. The number of benzene rings is 1. The van der Waals surface area contributed by atoms with Crippen molar-refractivity contribution in [1.29, 1.82) is 0 Å². The summed E-state index contributed by atoms with van der Waals surface area (Å²) in [6.45, 7) is 1.25. The van der Waals surface area contributed by atoms with Crippen molar-refractivity contribution >= 4 is 0 Å². The Kier molecular flexibility index (Phi) is 4.80. The summed E-state index contributed by atoms with van der Waals surface area (Å²) >= 11 is 0. The van der Waals surface area contributed by atoms with Crippen LogP contribution in [0.5, 0.6) is 5.75 Å². The van der Waals surface area contributed by atoms with E-state index in [-0.39, 0.29) is 12.4 Å².